The second-order valence-corrected chi connectivity index (χ2v) is 3.45. The third-order valence-electron chi connectivity index (χ3n) is 2.55. The van der Waals surface area contributed by atoms with Gasteiger partial charge in [-0.3, -0.25) is 4.79 Å². The molecule has 16 heavy (non-hydrogen) atoms. The number of hydrogen-bond acceptors (Lipinski definition) is 3. The molecule has 3 nitrogen and oxygen atoms in total. The summed E-state index contributed by atoms with van der Waals surface area (Å²) in [5, 5.41) is 0. The minimum atomic E-state index is 0.572. The molecular formula is C13H19NO2. The standard InChI is InChI=1S/C13H19NO2/c1-4-14(5-2)12-8-7-11(10-15)13(9-12)16-6-3/h7-10H,4-6H2,1-3H3. The van der Waals surface area contributed by atoms with Crippen LogP contribution in [0, 0.1) is 0 Å². The Hall–Kier alpha value is -1.51. The van der Waals surface area contributed by atoms with Crippen LogP contribution in [0.1, 0.15) is 31.1 Å². The molecule has 0 aliphatic carbocycles. The monoisotopic (exact) mass is 221 g/mol. The van der Waals surface area contributed by atoms with Gasteiger partial charge in [0.1, 0.15) is 5.75 Å². The van der Waals surface area contributed by atoms with Crippen molar-refractivity contribution in [3.8, 4) is 5.75 Å². The molecule has 0 bridgehead atoms. The van der Waals surface area contributed by atoms with Gasteiger partial charge in [-0.05, 0) is 32.9 Å². The van der Waals surface area contributed by atoms with E-state index in [9.17, 15) is 4.79 Å². The molecule has 0 atom stereocenters. The van der Waals surface area contributed by atoms with E-state index < -0.39 is 0 Å². The van der Waals surface area contributed by atoms with Gasteiger partial charge >= 0.3 is 0 Å². The first-order chi connectivity index (χ1) is 7.76. The summed E-state index contributed by atoms with van der Waals surface area (Å²) in [7, 11) is 0. The molecule has 0 aliphatic rings. The Bertz CT molecular complexity index is 346. The molecule has 0 fully saturated rings. The van der Waals surface area contributed by atoms with Gasteiger partial charge < -0.3 is 9.64 Å². The van der Waals surface area contributed by atoms with Crippen LogP contribution in [0.5, 0.6) is 5.75 Å². The average molecular weight is 221 g/mol. The number of anilines is 1. The lowest BCUT2D eigenvalue weighted by Gasteiger charge is -2.22. The molecule has 88 valence electrons. The summed E-state index contributed by atoms with van der Waals surface area (Å²) in [6, 6.07) is 5.70. The van der Waals surface area contributed by atoms with Crippen LogP contribution in [0.25, 0.3) is 0 Å². The highest BCUT2D eigenvalue weighted by molar-refractivity contribution is 5.80. The van der Waals surface area contributed by atoms with Crippen molar-refractivity contribution in [2.45, 2.75) is 20.8 Å². The number of benzene rings is 1. The maximum Gasteiger partial charge on any atom is 0.153 e. The van der Waals surface area contributed by atoms with Gasteiger partial charge in [0.05, 0.1) is 12.2 Å². The topological polar surface area (TPSA) is 29.5 Å². The first-order valence-corrected chi connectivity index (χ1v) is 5.73. The summed E-state index contributed by atoms with van der Waals surface area (Å²) in [6.45, 7) is 8.60. The predicted octanol–water partition coefficient (Wildman–Crippen LogP) is 2.74. The van der Waals surface area contributed by atoms with E-state index >= 15 is 0 Å². The number of carbonyl (C=O) groups excluding carboxylic acids is 1. The minimum Gasteiger partial charge on any atom is -0.493 e. The zero-order valence-corrected chi connectivity index (χ0v) is 10.2. The van der Waals surface area contributed by atoms with E-state index in [2.05, 4.69) is 18.7 Å². The number of aldehydes is 1. The predicted molar refractivity (Wildman–Crippen MR) is 66.6 cm³/mol. The Labute approximate surface area is 97.0 Å². The average Bonchev–Trinajstić information content (AvgIpc) is 2.31. The van der Waals surface area contributed by atoms with Gasteiger partial charge in [0.15, 0.2) is 6.29 Å². The molecule has 0 aromatic heterocycles. The third kappa shape index (κ3) is 2.75. The Morgan fingerprint density at radius 2 is 1.94 bits per heavy atom. The van der Waals surface area contributed by atoms with E-state index in [1.165, 1.54) is 0 Å². The van der Waals surface area contributed by atoms with Gasteiger partial charge in [-0.1, -0.05) is 0 Å². The molecule has 0 N–H and O–H groups in total. The van der Waals surface area contributed by atoms with Gasteiger partial charge in [-0.2, -0.15) is 0 Å². The molecular weight excluding hydrogens is 202 g/mol. The molecule has 0 unspecified atom stereocenters. The Kier molecular flexibility index (Phi) is 4.83. The number of carbonyl (C=O) groups is 1. The van der Waals surface area contributed by atoms with Crippen molar-refractivity contribution in [1.82, 2.24) is 0 Å². The zero-order chi connectivity index (χ0) is 12.0. The number of hydrogen-bond donors (Lipinski definition) is 0. The van der Waals surface area contributed by atoms with Gasteiger partial charge in [0, 0.05) is 24.8 Å². The van der Waals surface area contributed by atoms with Crippen molar-refractivity contribution in [3.63, 3.8) is 0 Å². The number of rotatable bonds is 6. The van der Waals surface area contributed by atoms with Crippen LogP contribution in [-0.4, -0.2) is 26.0 Å². The summed E-state index contributed by atoms with van der Waals surface area (Å²) in [5.41, 5.74) is 1.71. The lowest BCUT2D eigenvalue weighted by molar-refractivity contribution is 0.112. The lowest BCUT2D eigenvalue weighted by atomic mass is 10.2. The first-order valence-electron chi connectivity index (χ1n) is 5.73. The van der Waals surface area contributed by atoms with E-state index in [0.29, 0.717) is 17.9 Å². The quantitative estimate of drug-likeness (QED) is 0.692. The van der Waals surface area contributed by atoms with Gasteiger partial charge in [0.2, 0.25) is 0 Å². The van der Waals surface area contributed by atoms with Crippen molar-refractivity contribution in [2.24, 2.45) is 0 Å². The maximum absolute atomic E-state index is 10.8. The van der Waals surface area contributed by atoms with E-state index in [0.717, 1.165) is 25.1 Å². The normalized spacial score (nSPS) is 9.94. The molecule has 0 heterocycles. The molecule has 3 heteroatoms. The molecule has 1 aromatic rings. The van der Waals surface area contributed by atoms with Crippen molar-refractivity contribution in [3.05, 3.63) is 23.8 Å². The second-order valence-electron chi connectivity index (χ2n) is 3.45. The van der Waals surface area contributed by atoms with Crippen molar-refractivity contribution in [1.29, 1.82) is 0 Å². The fraction of sp³-hybridized carbons (Fsp3) is 0.462. The largest absolute Gasteiger partial charge is 0.493 e. The summed E-state index contributed by atoms with van der Waals surface area (Å²) in [4.78, 5) is 13.0. The van der Waals surface area contributed by atoms with E-state index in [-0.39, 0.29) is 0 Å². The Balaban J connectivity index is 3.04. The first kappa shape index (κ1) is 12.6. The molecule has 1 aromatic carbocycles. The van der Waals surface area contributed by atoms with Crippen molar-refractivity contribution >= 4 is 12.0 Å². The Morgan fingerprint density at radius 1 is 1.25 bits per heavy atom. The third-order valence-corrected chi connectivity index (χ3v) is 2.55. The number of ether oxygens (including phenoxy) is 1. The van der Waals surface area contributed by atoms with Crippen LogP contribution in [0.4, 0.5) is 5.69 Å². The second kappa shape index (κ2) is 6.16. The highest BCUT2D eigenvalue weighted by Gasteiger charge is 2.07. The van der Waals surface area contributed by atoms with Crippen LogP contribution >= 0.6 is 0 Å². The van der Waals surface area contributed by atoms with Gasteiger partial charge in [0.25, 0.3) is 0 Å². The molecule has 1 rings (SSSR count). The van der Waals surface area contributed by atoms with E-state index in [1.54, 1.807) is 0 Å². The van der Waals surface area contributed by atoms with E-state index in [1.807, 2.05) is 25.1 Å². The molecule has 0 spiro atoms. The maximum atomic E-state index is 10.8. The smallest absolute Gasteiger partial charge is 0.153 e. The minimum absolute atomic E-state index is 0.572. The lowest BCUT2D eigenvalue weighted by Crippen LogP contribution is -2.21. The summed E-state index contributed by atoms with van der Waals surface area (Å²) < 4.78 is 5.45. The summed E-state index contributed by atoms with van der Waals surface area (Å²) in [6.07, 6.45) is 0.830. The zero-order valence-electron chi connectivity index (χ0n) is 10.2. The summed E-state index contributed by atoms with van der Waals surface area (Å²) in [5.74, 6) is 0.668. The molecule has 0 saturated carbocycles. The van der Waals surface area contributed by atoms with Crippen molar-refractivity contribution < 1.29 is 9.53 Å². The molecule has 0 aliphatic heterocycles. The SMILES string of the molecule is CCOc1cc(N(CC)CC)ccc1C=O. The van der Waals surface area contributed by atoms with Crippen LogP contribution < -0.4 is 9.64 Å². The highest BCUT2D eigenvalue weighted by atomic mass is 16.5. The molecule has 0 radical (unpaired) electrons. The van der Waals surface area contributed by atoms with Crippen LogP contribution in [0.2, 0.25) is 0 Å². The highest BCUT2D eigenvalue weighted by Crippen LogP contribution is 2.24. The number of nitrogens with zero attached hydrogens (tertiary/aromatic N) is 1. The van der Waals surface area contributed by atoms with Crippen LogP contribution in [0.15, 0.2) is 18.2 Å². The fourth-order valence-electron chi connectivity index (χ4n) is 1.69. The van der Waals surface area contributed by atoms with Gasteiger partial charge in [-0.15, -0.1) is 0 Å². The van der Waals surface area contributed by atoms with Gasteiger partial charge in [-0.25, -0.2) is 0 Å². The van der Waals surface area contributed by atoms with Crippen LogP contribution in [-0.2, 0) is 0 Å². The molecule has 0 saturated heterocycles. The van der Waals surface area contributed by atoms with Crippen LogP contribution in [0.3, 0.4) is 0 Å². The van der Waals surface area contributed by atoms with E-state index in [4.69, 9.17) is 4.74 Å². The van der Waals surface area contributed by atoms with Crippen molar-refractivity contribution in [2.75, 3.05) is 24.6 Å². The molecule has 0 amide bonds. The fourth-order valence-corrected chi connectivity index (χ4v) is 1.69. The Morgan fingerprint density at radius 3 is 2.44 bits per heavy atom. The summed E-state index contributed by atoms with van der Waals surface area (Å²) >= 11 is 0.